The standard InChI is InChI=1S/C11H17FN2O7/c1-20-9(18)11(12)7(17)5(4-15)21-8(11)14-3-2-6(16)13-10(14)19/h5-8,15-17H,2-4H2,1H3,(H,13,19)/t5-,6?,7-,8?,11-/m1/s1. The summed E-state index contributed by atoms with van der Waals surface area (Å²) in [5, 5.41) is 30.4. The molecular weight excluding hydrogens is 291 g/mol. The molecule has 0 radical (unpaired) electrons. The van der Waals surface area contributed by atoms with Gasteiger partial charge in [0.05, 0.1) is 13.7 Å². The predicted molar refractivity (Wildman–Crippen MR) is 63.5 cm³/mol. The Kier molecular flexibility index (Phi) is 4.33. The molecule has 2 rings (SSSR count). The number of methoxy groups -OCH3 is 1. The minimum atomic E-state index is -3.03. The largest absolute Gasteiger partial charge is 0.466 e. The molecule has 0 aromatic carbocycles. The number of carbonyl (C=O) groups excluding carboxylic acids is 2. The molecule has 0 bridgehead atoms. The lowest BCUT2D eigenvalue weighted by molar-refractivity contribution is -0.172. The quantitative estimate of drug-likeness (QED) is 0.431. The third-order valence-electron chi connectivity index (χ3n) is 3.60. The van der Waals surface area contributed by atoms with E-state index in [2.05, 4.69) is 10.1 Å². The van der Waals surface area contributed by atoms with Gasteiger partial charge in [0.15, 0.2) is 6.23 Å². The number of nitrogens with one attached hydrogen (secondary N) is 1. The number of aliphatic hydroxyl groups is 3. The van der Waals surface area contributed by atoms with Crippen LogP contribution in [0.2, 0.25) is 0 Å². The van der Waals surface area contributed by atoms with Crippen molar-refractivity contribution in [2.24, 2.45) is 0 Å². The van der Waals surface area contributed by atoms with Crippen molar-refractivity contribution in [1.82, 2.24) is 10.2 Å². The molecule has 2 unspecified atom stereocenters. The Bertz CT molecular complexity index is 437. The van der Waals surface area contributed by atoms with Gasteiger partial charge >= 0.3 is 12.0 Å². The Morgan fingerprint density at radius 1 is 1.62 bits per heavy atom. The van der Waals surface area contributed by atoms with Crippen LogP contribution in [0.4, 0.5) is 9.18 Å². The van der Waals surface area contributed by atoms with Gasteiger partial charge in [-0.3, -0.25) is 4.90 Å². The van der Waals surface area contributed by atoms with Gasteiger partial charge in [-0.25, -0.2) is 14.0 Å². The zero-order valence-corrected chi connectivity index (χ0v) is 11.2. The van der Waals surface area contributed by atoms with Gasteiger partial charge in [-0.2, -0.15) is 0 Å². The van der Waals surface area contributed by atoms with Crippen LogP contribution >= 0.6 is 0 Å². The van der Waals surface area contributed by atoms with Crippen molar-refractivity contribution in [3.8, 4) is 0 Å². The Balaban J connectivity index is 2.31. The van der Waals surface area contributed by atoms with E-state index in [1.807, 2.05) is 0 Å². The molecule has 0 aromatic heterocycles. The molecule has 2 amide bonds. The number of ether oxygens (including phenoxy) is 2. The van der Waals surface area contributed by atoms with Crippen molar-refractivity contribution in [2.45, 2.75) is 36.8 Å². The average molecular weight is 308 g/mol. The number of nitrogens with zero attached hydrogens (tertiary/aromatic N) is 1. The highest BCUT2D eigenvalue weighted by atomic mass is 19.1. The lowest BCUT2D eigenvalue weighted by atomic mass is 9.95. The van der Waals surface area contributed by atoms with Crippen molar-refractivity contribution < 1.29 is 38.8 Å². The summed E-state index contributed by atoms with van der Waals surface area (Å²) in [7, 11) is 0.930. The molecule has 120 valence electrons. The maximum Gasteiger partial charge on any atom is 0.351 e. The van der Waals surface area contributed by atoms with E-state index in [0.717, 1.165) is 12.0 Å². The average Bonchev–Trinajstić information content (AvgIpc) is 2.72. The van der Waals surface area contributed by atoms with E-state index in [1.54, 1.807) is 0 Å². The van der Waals surface area contributed by atoms with Gasteiger partial charge in [0, 0.05) is 13.0 Å². The summed E-state index contributed by atoms with van der Waals surface area (Å²) in [4.78, 5) is 24.3. The molecule has 2 aliphatic rings. The number of aliphatic hydroxyl groups excluding tert-OH is 3. The zero-order chi connectivity index (χ0) is 15.8. The number of hydrogen-bond acceptors (Lipinski definition) is 7. The first-order valence-electron chi connectivity index (χ1n) is 6.33. The molecule has 21 heavy (non-hydrogen) atoms. The monoisotopic (exact) mass is 308 g/mol. The minimum absolute atomic E-state index is 0.0861. The molecule has 2 saturated heterocycles. The van der Waals surface area contributed by atoms with Crippen molar-refractivity contribution in [3.05, 3.63) is 0 Å². The van der Waals surface area contributed by atoms with Gasteiger partial charge < -0.3 is 30.1 Å². The van der Waals surface area contributed by atoms with Gasteiger partial charge in [-0.1, -0.05) is 0 Å². The fourth-order valence-corrected chi connectivity index (χ4v) is 2.46. The SMILES string of the molecule is COC(=O)[C@]1(F)C(N2CCC(O)NC2=O)O[C@H](CO)[C@H]1O. The maximum atomic E-state index is 15.0. The normalized spacial score (nSPS) is 40.0. The van der Waals surface area contributed by atoms with Crippen molar-refractivity contribution in [2.75, 3.05) is 20.3 Å². The molecule has 0 spiro atoms. The number of urea groups is 1. The Labute approximate surface area is 119 Å². The molecule has 2 fully saturated rings. The topological polar surface area (TPSA) is 129 Å². The van der Waals surface area contributed by atoms with E-state index in [0.29, 0.717) is 0 Å². The number of alkyl halides is 1. The fourth-order valence-electron chi connectivity index (χ4n) is 2.46. The molecule has 5 atom stereocenters. The van der Waals surface area contributed by atoms with Crippen molar-refractivity contribution in [1.29, 1.82) is 0 Å². The van der Waals surface area contributed by atoms with Crippen LogP contribution in [0.25, 0.3) is 0 Å². The molecule has 2 aliphatic heterocycles. The Hall–Kier alpha value is -1.49. The van der Waals surface area contributed by atoms with E-state index in [1.165, 1.54) is 0 Å². The zero-order valence-electron chi connectivity index (χ0n) is 11.2. The van der Waals surface area contributed by atoms with Gasteiger partial charge in [0.1, 0.15) is 18.4 Å². The molecule has 4 N–H and O–H groups in total. The van der Waals surface area contributed by atoms with E-state index in [9.17, 15) is 19.8 Å². The van der Waals surface area contributed by atoms with Crippen LogP contribution in [0, 0.1) is 0 Å². The molecule has 0 aliphatic carbocycles. The van der Waals surface area contributed by atoms with Crippen LogP contribution in [0.15, 0.2) is 0 Å². The second-order valence-electron chi connectivity index (χ2n) is 4.86. The second kappa shape index (κ2) is 5.72. The minimum Gasteiger partial charge on any atom is -0.466 e. The van der Waals surface area contributed by atoms with Crippen LogP contribution in [0.5, 0.6) is 0 Å². The van der Waals surface area contributed by atoms with Gasteiger partial charge in [0.2, 0.25) is 0 Å². The maximum absolute atomic E-state index is 15.0. The number of amides is 2. The number of hydrogen-bond donors (Lipinski definition) is 4. The third-order valence-corrected chi connectivity index (χ3v) is 3.60. The molecule has 10 heteroatoms. The highest BCUT2D eigenvalue weighted by Gasteiger charge is 2.66. The van der Waals surface area contributed by atoms with E-state index in [4.69, 9.17) is 9.84 Å². The molecule has 0 aromatic rings. The van der Waals surface area contributed by atoms with Crippen molar-refractivity contribution >= 4 is 12.0 Å². The summed E-state index contributed by atoms with van der Waals surface area (Å²) < 4.78 is 24.5. The van der Waals surface area contributed by atoms with E-state index >= 15 is 4.39 Å². The predicted octanol–water partition coefficient (Wildman–Crippen LogP) is -2.32. The Morgan fingerprint density at radius 3 is 2.81 bits per heavy atom. The van der Waals surface area contributed by atoms with Crippen LogP contribution < -0.4 is 5.32 Å². The number of halogens is 1. The molecule has 9 nitrogen and oxygen atoms in total. The first-order chi connectivity index (χ1) is 9.86. The van der Waals surface area contributed by atoms with Crippen LogP contribution in [0.1, 0.15) is 6.42 Å². The third kappa shape index (κ3) is 2.44. The summed E-state index contributed by atoms with van der Waals surface area (Å²) in [5.41, 5.74) is -3.03. The molecular formula is C11H17FN2O7. The summed E-state index contributed by atoms with van der Waals surface area (Å²) in [5.74, 6) is -1.41. The van der Waals surface area contributed by atoms with Gasteiger partial charge in [-0.15, -0.1) is 0 Å². The highest BCUT2D eigenvalue weighted by molar-refractivity contribution is 5.83. The van der Waals surface area contributed by atoms with Crippen LogP contribution in [0.3, 0.4) is 0 Å². The summed E-state index contributed by atoms with van der Waals surface area (Å²) in [6, 6.07) is -0.851. The van der Waals surface area contributed by atoms with E-state index in [-0.39, 0.29) is 13.0 Å². The Morgan fingerprint density at radius 2 is 2.29 bits per heavy atom. The van der Waals surface area contributed by atoms with Crippen LogP contribution in [-0.2, 0) is 14.3 Å². The number of rotatable bonds is 3. The van der Waals surface area contributed by atoms with Gasteiger partial charge in [-0.05, 0) is 0 Å². The smallest absolute Gasteiger partial charge is 0.351 e. The summed E-state index contributed by atoms with van der Waals surface area (Å²) >= 11 is 0. The van der Waals surface area contributed by atoms with Crippen molar-refractivity contribution in [3.63, 3.8) is 0 Å². The van der Waals surface area contributed by atoms with E-state index < -0.39 is 48.9 Å². The molecule has 0 saturated carbocycles. The number of esters is 1. The molecule has 2 heterocycles. The second-order valence-corrected chi connectivity index (χ2v) is 4.86. The lowest BCUT2D eigenvalue weighted by Gasteiger charge is -2.38. The summed E-state index contributed by atoms with van der Waals surface area (Å²) in [6.07, 6.45) is -6.12. The number of carbonyl (C=O) groups is 2. The fraction of sp³-hybridized carbons (Fsp3) is 0.818. The van der Waals surface area contributed by atoms with Gasteiger partial charge in [0.25, 0.3) is 5.67 Å². The highest BCUT2D eigenvalue weighted by Crippen LogP contribution is 2.38. The first-order valence-corrected chi connectivity index (χ1v) is 6.33. The van der Waals surface area contributed by atoms with Crippen LogP contribution in [-0.4, -0.2) is 82.8 Å². The first kappa shape index (κ1) is 15.9. The lowest BCUT2D eigenvalue weighted by Crippen LogP contribution is -2.63. The summed E-state index contributed by atoms with van der Waals surface area (Å²) in [6.45, 7) is -0.830.